The summed E-state index contributed by atoms with van der Waals surface area (Å²) in [5, 5.41) is 1.34. The summed E-state index contributed by atoms with van der Waals surface area (Å²) in [6.45, 7) is 16.0. The molecular weight excluding hydrogens is 623 g/mol. The van der Waals surface area contributed by atoms with E-state index in [0.29, 0.717) is 46.6 Å². The van der Waals surface area contributed by atoms with Gasteiger partial charge in [-0.15, -0.1) is 0 Å². The number of ether oxygens (including phenoxy) is 1. The molecule has 0 saturated carbocycles. The summed E-state index contributed by atoms with van der Waals surface area (Å²) in [7, 11) is 0. The molecule has 5 heterocycles. The summed E-state index contributed by atoms with van der Waals surface area (Å²) in [5.41, 5.74) is 1.60. The number of nitrogens with zero attached hydrogens (tertiary/aromatic N) is 6. The molecule has 6 rings (SSSR count). The average Bonchev–Trinajstić information content (AvgIpc) is 3.46. The van der Waals surface area contributed by atoms with E-state index in [0.717, 1.165) is 5.56 Å². The van der Waals surface area contributed by atoms with Crippen molar-refractivity contribution in [2.24, 2.45) is 0 Å². The maximum Gasteiger partial charge on any atom is 0.410 e. The Kier molecular flexibility index (Phi) is 8.24. The van der Waals surface area contributed by atoms with Gasteiger partial charge in [0.25, 0.3) is 0 Å². The Morgan fingerprint density at radius 2 is 1.85 bits per heavy atom. The molecule has 0 N–H and O–H groups in total. The van der Waals surface area contributed by atoms with Crippen molar-refractivity contribution >= 4 is 45.5 Å². The number of aryl methyl sites for hydroxylation is 1. The number of fused-ring (bicyclic) bond motifs is 2. The lowest BCUT2D eigenvalue weighted by molar-refractivity contribution is 0.0130. The van der Waals surface area contributed by atoms with Crippen molar-refractivity contribution < 1.29 is 18.3 Å². The first kappa shape index (κ1) is 32.4. The highest BCUT2D eigenvalue weighted by atomic mass is 35.5. The predicted molar refractivity (Wildman–Crippen MR) is 181 cm³/mol. The van der Waals surface area contributed by atoms with E-state index >= 15 is 4.39 Å². The number of amides is 1. The van der Waals surface area contributed by atoms with Crippen LogP contribution in [0.25, 0.3) is 38.9 Å². The number of pyridine rings is 2. The van der Waals surface area contributed by atoms with Crippen molar-refractivity contribution in [1.82, 2.24) is 24.4 Å². The number of carbonyl (C=O) groups is 1. The van der Waals surface area contributed by atoms with Crippen LogP contribution in [0.5, 0.6) is 0 Å². The molecule has 0 radical (unpaired) electrons. The zero-order valence-corrected chi connectivity index (χ0v) is 28.5. The van der Waals surface area contributed by atoms with E-state index in [4.69, 9.17) is 25.7 Å². The average molecular weight is 661 g/mol. The van der Waals surface area contributed by atoms with Crippen LogP contribution in [0.4, 0.5) is 15.0 Å². The Bertz CT molecular complexity index is 2090. The van der Waals surface area contributed by atoms with Crippen molar-refractivity contribution in [2.45, 2.75) is 79.0 Å². The van der Waals surface area contributed by atoms with Gasteiger partial charge in [0.1, 0.15) is 22.8 Å². The Morgan fingerprint density at radius 1 is 1.11 bits per heavy atom. The number of aromatic nitrogens is 4. The Balaban J connectivity index is 1.60. The largest absolute Gasteiger partial charge is 0.464 e. The second kappa shape index (κ2) is 11.9. The number of piperazine rings is 1. The summed E-state index contributed by atoms with van der Waals surface area (Å²) in [5.74, 6) is -0.227. The summed E-state index contributed by atoms with van der Waals surface area (Å²) in [6, 6.07) is 7.70. The summed E-state index contributed by atoms with van der Waals surface area (Å²) >= 11 is 6.94. The van der Waals surface area contributed by atoms with Gasteiger partial charge in [0.15, 0.2) is 5.65 Å². The molecule has 1 fully saturated rings. The fraction of sp³-hybridized carbons (Fsp3) is 0.400. The number of furan rings is 1. The molecule has 1 aliphatic heterocycles. The first-order valence-corrected chi connectivity index (χ1v) is 16.1. The molecular formula is C35H38ClFN6O4. The van der Waals surface area contributed by atoms with Gasteiger partial charge in [-0.25, -0.2) is 23.5 Å². The van der Waals surface area contributed by atoms with Crippen molar-refractivity contribution in [3.05, 3.63) is 75.4 Å². The molecule has 246 valence electrons. The van der Waals surface area contributed by atoms with E-state index in [2.05, 4.69) is 9.97 Å². The number of hydrogen-bond acceptors (Lipinski definition) is 8. The normalized spacial score (nSPS) is 17.3. The highest BCUT2D eigenvalue weighted by Gasteiger charge is 2.36. The zero-order valence-electron chi connectivity index (χ0n) is 27.8. The van der Waals surface area contributed by atoms with E-state index in [1.165, 1.54) is 16.9 Å². The van der Waals surface area contributed by atoms with Crippen molar-refractivity contribution in [2.75, 3.05) is 18.0 Å². The van der Waals surface area contributed by atoms with Gasteiger partial charge >= 0.3 is 11.8 Å². The van der Waals surface area contributed by atoms with Crippen LogP contribution in [0.1, 0.15) is 65.6 Å². The van der Waals surface area contributed by atoms with Gasteiger partial charge < -0.3 is 19.0 Å². The molecule has 2 atom stereocenters. The standard InChI is InChI=1S/C35H38ClFN6O4/c1-18(2)27-29(19(3)11-13-38-27)43-32-23(15-24(36)28(39-32)26-25(37)10-9-22-12-14-46-30(22)26)31(40-33(43)44)41-16-21(5)42(17-20(41)4)34(45)47-35(6,7)8/h9-15,18,20-21H,16-17H2,1-8H3/t20-,21+/m0/s1. The van der Waals surface area contributed by atoms with Crippen LogP contribution < -0.4 is 10.6 Å². The van der Waals surface area contributed by atoms with Crippen molar-refractivity contribution in [3.8, 4) is 16.9 Å². The van der Waals surface area contributed by atoms with Crippen LogP contribution in [0.15, 0.2) is 52.0 Å². The molecule has 47 heavy (non-hydrogen) atoms. The quantitative estimate of drug-likeness (QED) is 0.194. The van der Waals surface area contributed by atoms with Crippen molar-refractivity contribution in [3.63, 3.8) is 0 Å². The first-order valence-electron chi connectivity index (χ1n) is 15.7. The minimum absolute atomic E-state index is 0.0330. The third kappa shape index (κ3) is 5.81. The smallest absolute Gasteiger partial charge is 0.410 e. The molecule has 0 bridgehead atoms. The van der Waals surface area contributed by atoms with Crippen LogP contribution in [0, 0.1) is 12.7 Å². The summed E-state index contributed by atoms with van der Waals surface area (Å²) < 4.78 is 28.4. The Morgan fingerprint density at radius 3 is 2.55 bits per heavy atom. The molecule has 0 spiro atoms. The van der Waals surface area contributed by atoms with Gasteiger partial charge in [-0.05, 0) is 83.4 Å². The Hall–Kier alpha value is -4.51. The lowest BCUT2D eigenvalue weighted by Gasteiger charge is -2.44. The molecule has 1 amide bonds. The molecule has 5 aromatic rings. The third-order valence-corrected chi connectivity index (χ3v) is 8.71. The van der Waals surface area contributed by atoms with Crippen molar-refractivity contribution in [1.29, 1.82) is 0 Å². The maximum absolute atomic E-state index is 15.6. The number of hydrogen-bond donors (Lipinski definition) is 0. The van der Waals surface area contributed by atoms with E-state index < -0.39 is 23.2 Å². The summed E-state index contributed by atoms with van der Waals surface area (Å²) in [6.07, 6.45) is 2.79. The van der Waals surface area contributed by atoms with Crippen LogP contribution in [-0.4, -0.2) is 61.3 Å². The van der Waals surface area contributed by atoms with E-state index in [1.54, 1.807) is 29.3 Å². The van der Waals surface area contributed by atoms with Gasteiger partial charge in [-0.2, -0.15) is 4.98 Å². The number of rotatable bonds is 4. The lowest BCUT2D eigenvalue weighted by atomic mass is 10.0. The van der Waals surface area contributed by atoms with Crippen LogP contribution >= 0.6 is 11.6 Å². The molecule has 1 saturated heterocycles. The highest BCUT2D eigenvalue weighted by Crippen LogP contribution is 2.39. The summed E-state index contributed by atoms with van der Waals surface area (Å²) in [4.78, 5) is 45.2. The molecule has 10 nitrogen and oxygen atoms in total. The van der Waals surface area contributed by atoms with Crippen LogP contribution in [0.2, 0.25) is 5.02 Å². The molecule has 1 aliphatic rings. The SMILES string of the molecule is Cc1ccnc(C(C)C)c1-n1c(=O)nc(N2C[C@@H](C)N(C(=O)OC(C)(C)C)C[C@@H]2C)c2cc(Cl)c(-c3c(F)ccc4ccoc34)nc21. The Labute approximate surface area is 277 Å². The van der Waals surface area contributed by atoms with Gasteiger partial charge in [-0.1, -0.05) is 25.4 Å². The fourth-order valence-electron chi connectivity index (χ4n) is 6.21. The number of carbonyl (C=O) groups excluding carboxylic acids is 1. The van der Waals surface area contributed by atoms with Gasteiger partial charge in [0.2, 0.25) is 0 Å². The monoisotopic (exact) mass is 660 g/mol. The molecule has 1 aromatic carbocycles. The maximum atomic E-state index is 15.6. The molecule has 0 aliphatic carbocycles. The second-order valence-corrected chi connectivity index (χ2v) is 13.9. The zero-order chi connectivity index (χ0) is 33.9. The second-order valence-electron chi connectivity index (χ2n) is 13.5. The van der Waals surface area contributed by atoms with Gasteiger partial charge in [0.05, 0.1) is 39.3 Å². The fourth-order valence-corrected chi connectivity index (χ4v) is 6.46. The molecule has 12 heteroatoms. The lowest BCUT2D eigenvalue weighted by Crippen LogP contribution is -2.59. The molecule has 4 aromatic heterocycles. The van der Waals surface area contributed by atoms with Gasteiger partial charge in [-0.3, -0.25) is 4.98 Å². The third-order valence-electron chi connectivity index (χ3n) is 8.42. The van der Waals surface area contributed by atoms with E-state index in [9.17, 15) is 9.59 Å². The topological polar surface area (TPSA) is 107 Å². The van der Waals surface area contributed by atoms with Crippen LogP contribution in [-0.2, 0) is 4.74 Å². The van der Waals surface area contributed by atoms with Gasteiger partial charge in [0, 0.05) is 36.8 Å². The highest BCUT2D eigenvalue weighted by molar-refractivity contribution is 6.34. The first-order chi connectivity index (χ1) is 22.2. The number of anilines is 1. The van der Waals surface area contributed by atoms with E-state index in [1.807, 2.05) is 66.4 Å². The molecule has 0 unspecified atom stereocenters. The predicted octanol–water partition coefficient (Wildman–Crippen LogP) is 7.65. The minimum Gasteiger partial charge on any atom is -0.464 e. The minimum atomic E-state index is -0.641. The number of benzene rings is 1. The van der Waals surface area contributed by atoms with Crippen LogP contribution in [0.3, 0.4) is 0 Å². The van der Waals surface area contributed by atoms with E-state index in [-0.39, 0.29) is 39.9 Å². The number of halogens is 2.